The van der Waals surface area contributed by atoms with Crippen molar-refractivity contribution in [3.8, 4) is 0 Å². The van der Waals surface area contributed by atoms with Gasteiger partial charge in [-0.05, 0) is 19.3 Å². The molecule has 1 rings (SSSR count). The van der Waals surface area contributed by atoms with E-state index in [0.29, 0.717) is 25.7 Å². The van der Waals surface area contributed by atoms with Crippen LogP contribution in [0.15, 0.2) is 0 Å². The molecule has 6 heteroatoms. The van der Waals surface area contributed by atoms with Gasteiger partial charge in [-0.2, -0.15) is 13.2 Å². The second kappa shape index (κ2) is 7.61. The second-order valence-electron chi connectivity index (χ2n) is 4.60. The smallest absolute Gasteiger partial charge is 0.378 e. The lowest BCUT2D eigenvalue weighted by atomic mass is 10.3. The number of halogens is 3. The van der Waals surface area contributed by atoms with Gasteiger partial charge >= 0.3 is 6.18 Å². The summed E-state index contributed by atoms with van der Waals surface area (Å²) in [5, 5.41) is 2.46. The van der Waals surface area contributed by atoms with E-state index >= 15 is 0 Å². The van der Waals surface area contributed by atoms with Crippen LogP contribution in [0, 0.1) is 0 Å². The third-order valence-corrected chi connectivity index (χ3v) is 2.93. The van der Waals surface area contributed by atoms with Gasteiger partial charge in [0.15, 0.2) is 0 Å². The molecule has 1 N–H and O–H groups in total. The molecular formula is C12H20F3NO2. The summed E-state index contributed by atoms with van der Waals surface area (Å²) in [6, 6.07) is 0. The Hall–Kier alpha value is -0.780. The fourth-order valence-electron chi connectivity index (χ4n) is 1.95. The maximum absolute atomic E-state index is 11.8. The van der Waals surface area contributed by atoms with Crippen molar-refractivity contribution in [1.29, 1.82) is 0 Å². The Morgan fingerprint density at radius 3 is 2.56 bits per heavy atom. The van der Waals surface area contributed by atoms with Crippen LogP contribution in [0.4, 0.5) is 13.2 Å². The van der Waals surface area contributed by atoms with Crippen LogP contribution in [0.25, 0.3) is 0 Å². The Kier molecular flexibility index (Phi) is 6.46. The Morgan fingerprint density at radius 2 is 1.94 bits per heavy atom. The molecular weight excluding hydrogens is 247 g/mol. The lowest BCUT2D eigenvalue weighted by Crippen LogP contribution is -2.27. The van der Waals surface area contributed by atoms with E-state index in [9.17, 15) is 18.0 Å². The summed E-state index contributed by atoms with van der Waals surface area (Å²) in [5.74, 6) is -0.548. The molecule has 0 radical (unpaired) electrons. The number of nitrogens with one attached hydrogen (secondary N) is 1. The van der Waals surface area contributed by atoms with Gasteiger partial charge in [0.05, 0.1) is 12.5 Å². The van der Waals surface area contributed by atoms with Gasteiger partial charge in [0.2, 0.25) is 5.91 Å². The highest BCUT2D eigenvalue weighted by Crippen LogP contribution is 2.21. The highest BCUT2D eigenvalue weighted by atomic mass is 19.4. The first-order valence-electron chi connectivity index (χ1n) is 6.42. The molecule has 0 heterocycles. The van der Waals surface area contributed by atoms with E-state index in [1.807, 2.05) is 0 Å². The van der Waals surface area contributed by atoms with E-state index in [1.54, 1.807) is 0 Å². The van der Waals surface area contributed by atoms with Crippen molar-refractivity contribution in [2.45, 2.75) is 57.2 Å². The first-order valence-corrected chi connectivity index (χ1v) is 6.42. The molecule has 1 saturated carbocycles. The number of rotatable bonds is 7. The van der Waals surface area contributed by atoms with Crippen LogP contribution >= 0.6 is 0 Å². The summed E-state index contributed by atoms with van der Waals surface area (Å²) in [6.45, 7) is 0.938. The third-order valence-electron chi connectivity index (χ3n) is 2.93. The van der Waals surface area contributed by atoms with Crippen LogP contribution in [0.5, 0.6) is 0 Å². The number of hydrogen-bond donors (Lipinski definition) is 1. The van der Waals surface area contributed by atoms with Crippen molar-refractivity contribution in [3.63, 3.8) is 0 Å². The number of ether oxygens (including phenoxy) is 1. The first kappa shape index (κ1) is 15.3. The molecule has 106 valence electrons. The molecule has 1 fully saturated rings. The van der Waals surface area contributed by atoms with E-state index in [-0.39, 0.29) is 0 Å². The predicted molar refractivity (Wildman–Crippen MR) is 61.1 cm³/mol. The van der Waals surface area contributed by atoms with Crippen molar-refractivity contribution in [2.75, 3.05) is 13.2 Å². The Bertz CT molecular complexity index is 250. The molecule has 0 aromatic rings. The van der Waals surface area contributed by atoms with Crippen LogP contribution in [0.1, 0.15) is 44.9 Å². The Labute approximate surface area is 105 Å². The molecule has 0 aliphatic heterocycles. The molecule has 3 nitrogen and oxygen atoms in total. The minimum absolute atomic E-state index is 0.339. The summed E-state index contributed by atoms with van der Waals surface area (Å²) in [5.41, 5.74) is 0. The standard InChI is InChI=1S/C12H20F3NO2/c13-12(14,15)7-6-11(17)16-8-3-9-18-10-4-1-2-5-10/h10H,1-9H2,(H,16,17). The normalized spacial score (nSPS) is 17.1. The Morgan fingerprint density at radius 1 is 1.28 bits per heavy atom. The average molecular weight is 267 g/mol. The lowest BCUT2D eigenvalue weighted by Gasteiger charge is -2.11. The summed E-state index contributed by atoms with van der Waals surface area (Å²) >= 11 is 0. The van der Waals surface area contributed by atoms with Crippen molar-refractivity contribution in [3.05, 3.63) is 0 Å². The van der Waals surface area contributed by atoms with Crippen molar-refractivity contribution >= 4 is 5.91 Å². The zero-order valence-electron chi connectivity index (χ0n) is 10.4. The largest absolute Gasteiger partial charge is 0.389 e. The molecule has 0 unspecified atom stereocenters. The van der Waals surface area contributed by atoms with Crippen molar-refractivity contribution in [2.24, 2.45) is 0 Å². The quantitative estimate of drug-likeness (QED) is 0.720. The predicted octanol–water partition coefficient (Wildman–Crippen LogP) is 2.79. The van der Waals surface area contributed by atoms with Gasteiger partial charge < -0.3 is 10.1 Å². The number of amides is 1. The highest BCUT2D eigenvalue weighted by molar-refractivity contribution is 5.75. The molecule has 0 spiro atoms. The van der Waals surface area contributed by atoms with Crippen LogP contribution in [-0.2, 0) is 9.53 Å². The molecule has 1 aliphatic rings. The number of hydrogen-bond acceptors (Lipinski definition) is 2. The topological polar surface area (TPSA) is 38.3 Å². The van der Waals surface area contributed by atoms with Crippen LogP contribution in [0.2, 0.25) is 0 Å². The minimum atomic E-state index is -4.26. The summed E-state index contributed by atoms with van der Waals surface area (Å²) in [7, 11) is 0. The molecule has 1 amide bonds. The Balaban J connectivity index is 1.92. The molecule has 1 aliphatic carbocycles. The van der Waals surface area contributed by atoms with Gasteiger partial charge in [-0.3, -0.25) is 4.79 Å². The number of carbonyl (C=O) groups is 1. The third kappa shape index (κ3) is 7.53. The first-order chi connectivity index (χ1) is 8.47. The van der Waals surface area contributed by atoms with E-state index in [2.05, 4.69) is 5.32 Å². The fraction of sp³-hybridized carbons (Fsp3) is 0.917. The maximum Gasteiger partial charge on any atom is 0.389 e. The van der Waals surface area contributed by atoms with Crippen LogP contribution in [0.3, 0.4) is 0 Å². The molecule has 0 aromatic carbocycles. The van der Waals surface area contributed by atoms with Gasteiger partial charge in [-0.15, -0.1) is 0 Å². The van der Waals surface area contributed by atoms with E-state index in [4.69, 9.17) is 4.74 Å². The van der Waals surface area contributed by atoms with Crippen molar-refractivity contribution < 1.29 is 22.7 Å². The average Bonchev–Trinajstić information content (AvgIpc) is 2.78. The minimum Gasteiger partial charge on any atom is -0.378 e. The second-order valence-corrected chi connectivity index (χ2v) is 4.60. The zero-order chi connectivity index (χ0) is 13.4. The molecule has 0 aromatic heterocycles. The van der Waals surface area contributed by atoms with E-state index in [1.165, 1.54) is 12.8 Å². The van der Waals surface area contributed by atoms with Gasteiger partial charge in [-0.1, -0.05) is 12.8 Å². The molecule has 0 saturated heterocycles. The van der Waals surface area contributed by atoms with Crippen molar-refractivity contribution in [1.82, 2.24) is 5.32 Å². The monoisotopic (exact) mass is 267 g/mol. The van der Waals surface area contributed by atoms with Gasteiger partial charge in [-0.25, -0.2) is 0 Å². The van der Waals surface area contributed by atoms with Crippen LogP contribution < -0.4 is 5.32 Å². The summed E-state index contributed by atoms with van der Waals surface area (Å²) < 4.78 is 41.1. The molecule has 0 bridgehead atoms. The highest BCUT2D eigenvalue weighted by Gasteiger charge is 2.27. The van der Waals surface area contributed by atoms with Gasteiger partial charge in [0.25, 0.3) is 0 Å². The van der Waals surface area contributed by atoms with E-state index in [0.717, 1.165) is 12.8 Å². The number of alkyl halides is 3. The van der Waals surface area contributed by atoms with Crippen LogP contribution in [-0.4, -0.2) is 31.3 Å². The number of carbonyl (C=O) groups excluding carboxylic acids is 1. The summed E-state index contributed by atoms with van der Waals surface area (Å²) in [4.78, 5) is 11.1. The maximum atomic E-state index is 11.8. The fourth-order valence-corrected chi connectivity index (χ4v) is 1.95. The van der Waals surface area contributed by atoms with Gasteiger partial charge in [0.1, 0.15) is 0 Å². The zero-order valence-corrected chi connectivity index (χ0v) is 10.4. The SMILES string of the molecule is O=C(CCC(F)(F)F)NCCCOC1CCCC1. The van der Waals surface area contributed by atoms with Gasteiger partial charge in [0, 0.05) is 19.6 Å². The van der Waals surface area contributed by atoms with E-state index < -0.39 is 24.9 Å². The lowest BCUT2D eigenvalue weighted by molar-refractivity contribution is -0.144. The molecule has 18 heavy (non-hydrogen) atoms. The summed E-state index contributed by atoms with van der Waals surface area (Å²) in [6.07, 6.45) is -0.222. The molecule has 0 atom stereocenters.